The molecule has 0 saturated heterocycles. The molecule has 0 aliphatic rings. The van der Waals surface area contributed by atoms with Crippen molar-refractivity contribution in [2.75, 3.05) is 5.73 Å². The fourth-order valence-corrected chi connectivity index (χ4v) is 1.80. The molecule has 0 atom stereocenters. The summed E-state index contributed by atoms with van der Waals surface area (Å²) < 4.78 is 1.82. The van der Waals surface area contributed by atoms with E-state index in [2.05, 4.69) is 10.1 Å². The van der Waals surface area contributed by atoms with Crippen molar-refractivity contribution in [1.82, 2.24) is 14.8 Å². The number of pyridine rings is 1. The van der Waals surface area contributed by atoms with Gasteiger partial charge in [0.15, 0.2) is 0 Å². The zero-order valence-electron chi connectivity index (χ0n) is 9.69. The van der Waals surface area contributed by atoms with Crippen molar-refractivity contribution >= 4 is 5.82 Å². The molecule has 1 aromatic carbocycles. The fourth-order valence-electron chi connectivity index (χ4n) is 1.80. The molecular formula is C14H12N4. The van der Waals surface area contributed by atoms with E-state index < -0.39 is 0 Å². The highest BCUT2D eigenvalue weighted by molar-refractivity contribution is 5.64. The van der Waals surface area contributed by atoms with Gasteiger partial charge in [0, 0.05) is 24.2 Å². The van der Waals surface area contributed by atoms with E-state index in [9.17, 15) is 0 Å². The number of anilines is 1. The smallest absolute Gasteiger partial charge is 0.123 e. The summed E-state index contributed by atoms with van der Waals surface area (Å²) in [6.45, 7) is 0. The Bertz CT molecular complexity index is 625. The van der Waals surface area contributed by atoms with Gasteiger partial charge < -0.3 is 5.73 Å². The number of aromatic nitrogens is 3. The maximum Gasteiger partial charge on any atom is 0.123 e. The first kappa shape index (κ1) is 10.5. The summed E-state index contributed by atoms with van der Waals surface area (Å²) in [6, 6.07) is 13.8. The third-order valence-corrected chi connectivity index (χ3v) is 2.76. The van der Waals surface area contributed by atoms with Gasteiger partial charge >= 0.3 is 0 Å². The van der Waals surface area contributed by atoms with Crippen LogP contribution >= 0.6 is 0 Å². The van der Waals surface area contributed by atoms with Crippen LogP contribution in [0.5, 0.6) is 0 Å². The van der Waals surface area contributed by atoms with Crippen molar-refractivity contribution in [3.63, 3.8) is 0 Å². The van der Waals surface area contributed by atoms with Gasteiger partial charge in [-0.2, -0.15) is 5.10 Å². The zero-order chi connectivity index (χ0) is 12.4. The van der Waals surface area contributed by atoms with Crippen LogP contribution in [0.15, 0.2) is 61.1 Å². The number of nitrogen functional groups attached to an aromatic ring is 1. The van der Waals surface area contributed by atoms with E-state index >= 15 is 0 Å². The number of nitrogens with two attached hydrogens (primary N) is 1. The molecule has 2 N–H and O–H groups in total. The van der Waals surface area contributed by atoms with Gasteiger partial charge in [0.2, 0.25) is 0 Å². The normalized spacial score (nSPS) is 10.4. The molecule has 0 saturated carbocycles. The van der Waals surface area contributed by atoms with Gasteiger partial charge in [-0.1, -0.05) is 12.1 Å². The fraction of sp³-hybridized carbons (Fsp3) is 0. The third-order valence-electron chi connectivity index (χ3n) is 2.76. The lowest BCUT2D eigenvalue weighted by atomic mass is 10.1. The average Bonchev–Trinajstić information content (AvgIpc) is 2.94. The van der Waals surface area contributed by atoms with E-state index in [1.807, 2.05) is 47.3 Å². The first-order valence-electron chi connectivity index (χ1n) is 5.65. The molecule has 0 radical (unpaired) electrons. The van der Waals surface area contributed by atoms with Crippen LogP contribution < -0.4 is 5.73 Å². The Hall–Kier alpha value is -2.62. The first-order valence-corrected chi connectivity index (χ1v) is 5.65. The van der Waals surface area contributed by atoms with Crippen LogP contribution in [-0.4, -0.2) is 14.8 Å². The third kappa shape index (κ3) is 1.96. The summed E-state index contributed by atoms with van der Waals surface area (Å²) in [7, 11) is 0. The van der Waals surface area contributed by atoms with Gasteiger partial charge in [-0.3, -0.25) is 0 Å². The SMILES string of the molecule is Nc1ccc(-c2ccc(-n3cccn3)cc2)cn1. The minimum absolute atomic E-state index is 0.534. The summed E-state index contributed by atoms with van der Waals surface area (Å²) in [4.78, 5) is 4.09. The van der Waals surface area contributed by atoms with Crippen LogP contribution in [0.1, 0.15) is 0 Å². The molecule has 4 nitrogen and oxygen atoms in total. The zero-order valence-corrected chi connectivity index (χ0v) is 9.69. The van der Waals surface area contributed by atoms with Crippen molar-refractivity contribution < 1.29 is 0 Å². The van der Waals surface area contributed by atoms with Crippen LogP contribution in [0.2, 0.25) is 0 Å². The highest BCUT2D eigenvalue weighted by atomic mass is 15.3. The van der Waals surface area contributed by atoms with Crippen LogP contribution in [0.3, 0.4) is 0 Å². The molecule has 0 spiro atoms. The van der Waals surface area contributed by atoms with Crippen molar-refractivity contribution in [3.05, 3.63) is 61.1 Å². The summed E-state index contributed by atoms with van der Waals surface area (Å²) in [6.07, 6.45) is 5.45. The number of nitrogens with zero attached hydrogens (tertiary/aromatic N) is 3. The molecule has 88 valence electrons. The average molecular weight is 236 g/mol. The van der Waals surface area contributed by atoms with Crippen LogP contribution in [0.4, 0.5) is 5.82 Å². The lowest BCUT2D eigenvalue weighted by Gasteiger charge is -2.04. The monoisotopic (exact) mass is 236 g/mol. The predicted molar refractivity (Wildman–Crippen MR) is 71.2 cm³/mol. The van der Waals surface area contributed by atoms with E-state index in [1.165, 1.54) is 0 Å². The second-order valence-corrected chi connectivity index (χ2v) is 3.97. The second-order valence-electron chi connectivity index (χ2n) is 3.97. The lowest BCUT2D eigenvalue weighted by Crippen LogP contribution is -1.93. The van der Waals surface area contributed by atoms with E-state index in [1.54, 1.807) is 18.5 Å². The van der Waals surface area contributed by atoms with Crippen molar-refractivity contribution in [2.24, 2.45) is 0 Å². The molecule has 0 aliphatic carbocycles. The molecule has 0 bridgehead atoms. The Kier molecular flexibility index (Phi) is 2.53. The van der Waals surface area contributed by atoms with Crippen molar-refractivity contribution in [2.45, 2.75) is 0 Å². The molecule has 4 heteroatoms. The molecule has 3 rings (SSSR count). The molecule has 0 aliphatic heterocycles. The van der Waals surface area contributed by atoms with Gasteiger partial charge in [-0.25, -0.2) is 9.67 Å². The quantitative estimate of drug-likeness (QED) is 0.743. The summed E-state index contributed by atoms with van der Waals surface area (Å²) in [5.41, 5.74) is 8.77. The standard InChI is InChI=1S/C14H12N4/c15-14-7-4-12(10-16-14)11-2-5-13(6-3-11)18-9-1-8-17-18/h1-10H,(H2,15,16). The molecule has 18 heavy (non-hydrogen) atoms. The van der Waals surface area contributed by atoms with Gasteiger partial charge in [0.05, 0.1) is 5.69 Å². The molecule has 0 fully saturated rings. The number of rotatable bonds is 2. The second kappa shape index (κ2) is 4.33. The van der Waals surface area contributed by atoms with E-state index in [4.69, 9.17) is 5.73 Å². The van der Waals surface area contributed by atoms with Gasteiger partial charge in [-0.15, -0.1) is 0 Å². The molecule has 3 aromatic rings. The van der Waals surface area contributed by atoms with Gasteiger partial charge in [0.1, 0.15) is 5.82 Å². The number of benzene rings is 1. The molecule has 2 heterocycles. The Morgan fingerprint density at radius 3 is 2.33 bits per heavy atom. The molecular weight excluding hydrogens is 224 g/mol. The number of hydrogen-bond acceptors (Lipinski definition) is 3. The molecule has 0 amide bonds. The van der Waals surface area contributed by atoms with Gasteiger partial charge in [-0.05, 0) is 35.9 Å². The Balaban J connectivity index is 1.94. The van der Waals surface area contributed by atoms with E-state index in [0.717, 1.165) is 16.8 Å². The minimum Gasteiger partial charge on any atom is -0.384 e. The summed E-state index contributed by atoms with van der Waals surface area (Å²) in [5.74, 6) is 0.534. The summed E-state index contributed by atoms with van der Waals surface area (Å²) >= 11 is 0. The maximum atomic E-state index is 5.57. The van der Waals surface area contributed by atoms with Crippen molar-refractivity contribution in [1.29, 1.82) is 0 Å². The first-order chi connectivity index (χ1) is 8.83. The topological polar surface area (TPSA) is 56.7 Å². The Morgan fingerprint density at radius 2 is 1.72 bits per heavy atom. The summed E-state index contributed by atoms with van der Waals surface area (Å²) in [5, 5.41) is 4.19. The number of hydrogen-bond donors (Lipinski definition) is 1. The Labute approximate surface area is 105 Å². The minimum atomic E-state index is 0.534. The van der Waals surface area contributed by atoms with Crippen LogP contribution in [-0.2, 0) is 0 Å². The Morgan fingerprint density at radius 1 is 0.944 bits per heavy atom. The maximum absolute atomic E-state index is 5.57. The highest BCUT2D eigenvalue weighted by Gasteiger charge is 2.00. The lowest BCUT2D eigenvalue weighted by molar-refractivity contribution is 0.881. The van der Waals surface area contributed by atoms with Crippen molar-refractivity contribution in [3.8, 4) is 16.8 Å². The van der Waals surface area contributed by atoms with E-state index in [-0.39, 0.29) is 0 Å². The van der Waals surface area contributed by atoms with Gasteiger partial charge in [0.25, 0.3) is 0 Å². The van der Waals surface area contributed by atoms with Crippen LogP contribution in [0.25, 0.3) is 16.8 Å². The molecule has 2 aromatic heterocycles. The predicted octanol–water partition coefficient (Wildman–Crippen LogP) is 2.52. The molecule has 0 unspecified atom stereocenters. The van der Waals surface area contributed by atoms with E-state index in [0.29, 0.717) is 5.82 Å². The highest BCUT2D eigenvalue weighted by Crippen LogP contribution is 2.20. The largest absolute Gasteiger partial charge is 0.384 e. The van der Waals surface area contributed by atoms with Crippen LogP contribution in [0, 0.1) is 0 Å².